The lowest BCUT2D eigenvalue weighted by Gasteiger charge is -2.28. The second-order valence-corrected chi connectivity index (χ2v) is 6.21. The lowest BCUT2D eigenvalue weighted by molar-refractivity contribution is 0.0937. The van der Waals surface area contributed by atoms with Crippen molar-refractivity contribution in [1.29, 1.82) is 0 Å². The average molecular weight is 327 g/mol. The SMILES string of the molecule is Cc1cnccc1C(=O)NC[C@H](c1ccc(F)cc1)N1CCCC1. The van der Waals surface area contributed by atoms with E-state index in [1.807, 2.05) is 19.1 Å². The molecule has 2 heterocycles. The maximum absolute atomic E-state index is 13.2. The van der Waals surface area contributed by atoms with Crippen LogP contribution in [-0.4, -0.2) is 35.4 Å². The third-order valence-electron chi connectivity index (χ3n) is 4.56. The van der Waals surface area contributed by atoms with Gasteiger partial charge in [-0.1, -0.05) is 12.1 Å². The van der Waals surface area contributed by atoms with Crippen molar-refractivity contribution in [2.75, 3.05) is 19.6 Å². The third kappa shape index (κ3) is 3.79. The molecule has 0 unspecified atom stereocenters. The third-order valence-corrected chi connectivity index (χ3v) is 4.56. The number of aryl methyl sites for hydroxylation is 1. The van der Waals surface area contributed by atoms with Crippen LogP contribution in [-0.2, 0) is 0 Å². The van der Waals surface area contributed by atoms with Crippen LogP contribution in [0.5, 0.6) is 0 Å². The van der Waals surface area contributed by atoms with E-state index in [-0.39, 0.29) is 17.8 Å². The lowest BCUT2D eigenvalue weighted by Crippen LogP contribution is -2.37. The van der Waals surface area contributed by atoms with Gasteiger partial charge in [0.25, 0.3) is 5.91 Å². The summed E-state index contributed by atoms with van der Waals surface area (Å²) in [5, 5.41) is 3.03. The van der Waals surface area contributed by atoms with Crippen LogP contribution in [0.2, 0.25) is 0 Å². The summed E-state index contributed by atoms with van der Waals surface area (Å²) in [5.74, 6) is -0.337. The number of benzene rings is 1. The predicted octanol–water partition coefficient (Wildman–Crippen LogP) is 3.10. The molecular formula is C19H22FN3O. The molecule has 0 radical (unpaired) electrons. The molecule has 1 aromatic carbocycles. The summed E-state index contributed by atoms with van der Waals surface area (Å²) in [5.41, 5.74) is 2.53. The molecule has 1 aromatic heterocycles. The van der Waals surface area contributed by atoms with Crippen molar-refractivity contribution in [3.63, 3.8) is 0 Å². The van der Waals surface area contributed by atoms with Gasteiger partial charge in [-0.05, 0) is 62.2 Å². The fraction of sp³-hybridized carbons (Fsp3) is 0.368. The Morgan fingerprint density at radius 2 is 1.96 bits per heavy atom. The summed E-state index contributed by atoms with van der Waals surface area (Å²) in [6.07, 6.45) is 5.64. The van der Waals surface area contributed by atoms with Gasteiger partial charge in [0.05, 0.1) is 6.04 Å². The number of halogens is 1. The number of hydrogen-bond donors (Lipinski definition) is 1. The summed E-state index contributed by atoms with van der Waals surface area (Å²) in [7, 11) is 0. The molecule has 1 atom stereocenters. The number of pyridine rings is 1. The Labute approximate surface area is 141 Å². The number of hydrogen-bond acceptors (Lipinski definition) is 3. The Morgan fingerprint density at radius 1 is 1.25 bits per heavy atom. The van der Waals surface area contributed by atoms with Gasteiger partial charge in [-0.3, -0.25) is 14.7 Å². The number of carbonyl (C=O) groups excluding carboxylic acids is 1. The number of carbonyl (C=O) groups is 1. The molecule has 126 valence electrons. The number of aromatic nitrogens is 1. The molecular weight excluding hydrogens is 305 g/mol. The van der Waals surface area contributed by atoms with Crippen molar-refractivity contribution in [1.82, 2.24) is 15.2 Å². The summed E-state index contributed by atoms with van der Waals surface area (Å²) in [6.45, 7) is 4.39. The predicted molar refractivity (Wildman–Crippen MR) is 91.3 cm³/mol. The highest BCUT2D eigenvalue weighted by molar-refractivity contribution is 5.95. The van der Waals surface area contributed by atoms with E-state index in [0.717, 1.165) is 37.1 Å². The topological polar surface area (TPSA) is 45.2 Å². The van der Waals surface area contributed by atoms with E-state index in [1.54, 1.807) is 18.5 Å². The van der Waals surface area contributed by atoms with Crippen LogP contribution in [0.3, 0.4) is 0 Å². The fourth-order valence-electron chi connectivity index (χ4n) is 3.21. The van der Waals surface area contributed by atoms with Crippen molar-refractivity contribution in [2.24, 2.45) is 0 Å². The number of amides is 1. The Bertz CT molecular complexity index is 696. The Morgan fingerprint density at radius 3 is 2.62 bits per heavy atom. The molecule has 1 N–H and O–H groups in total. The molecule has 0 aliphatic carbocycles. The van der Waals surface area contributed by atoms with Gasteiger partial charge in [-0.2, -0.15) is 0 Å². The highest BCUT2D eigenvalue weighted by Crippen LogP contribution is 2.25. The first kappa shape index (κ1) is 16.6. The molecule has 0 saturated carbocycles. The molecule has 24 heavy (non-hydrogen) atoms. The largest absolute Gasteiger partial charge is 0.350 e. The standard InChI is InChI=1S/C19H22FN3O/c1-14-12-21-9-8-17(14)19(24)22-13-18(23-10-2-3-11-23)15-4-6-16(20)7-5-15/h4-9,12,18H,2-3,10-11,13H2,1H3,(H,22,24)/t18-/m1/s1. The number of nitrogens with one attached hydrogen (secondary N) is 1. The lowest BCUT2D eigenvalue weighted by atomic mass is 10.0. The number of nitrogens with zero attached hydrogens (tertiary/aromatic N) is 2. The van der Waals surface area contributed by atoms with Gasteiger partial charge in [0, 0.05) is 24.5 Å². The van der Waals surface area contributed by atoms with Gasteiger partial charge in [0.2, 0.25) is 0 Å². The highest BCUT2D eigenvalue weighted by Gasteiger charge is 2.24. The molecule has 3 rings (SSSR count). The first-order valence-corrected chi connectivity index (χ1v) is 8.33. The Kier molecular flexibility index (Phi) is 5.20. The van der Waals surface area contributed by atoms with E-state index in [1.165, 1.54) is 12.1 Å². The van der Waals surface area contributed by atoms with E-state index in [0.29, 0.717) is 12.1 Å². The zero-order valence-electron chi connectivity index (χ0n) is 13.8. The molecule has 1 aliphatic heterocycles. The van der Waals surface area contributed by atoms with Crippen LogP contribution in [0.25, 0.3) is 0 Å². The minimum absolute atomic E-state index is 0.0687. The normalized spacial score (nSPS) is 16.1. The first-order valence-electron chi connectivity index (χ1n) is 8.33. The summed E-state index contributed by atoms with van der Waals surface area (Å²) in [6, 6.07) is 8.37. The van der Waals surface area contributed by atoms with Crippen LogP contribution < -0.4 is 5.32 Å². The Balaban J connectivity index is 1.73. The van der Waals surface area contributed by atoms with Gasteiger partial charge < -0.3 is 5.32 Å². The maximum Gasteiger partial charge on any atom is 0.251 e. The minimum atomic E-state index is -0.240. The van der Waals surface area contributed by atoms with Gasteiger partial charge >= 0.3 is 0 Å². The van der Waals surface area contributed by atoms with Crippen molar-refractivity contribution < 1.29 is 9.18 Å². The minimum Gasteiger partial charge on any atom is -0.350 e. The van der Waals surface area contributed by atoms with E-state index in [2.05, 4.69) is 15.2 Å². The summed E-state index contributed by atoms with van der Waals surface area (Å²) in [4.78, 5) is 18.8. The van der Waals surface area contributed by atoms with Crippen molar-refractivity contribution in [3.05, 3.63) is 65.2 Å². The number of likely N-dealkylation sites (tertiary alicyclic amines) is 1. The van der Waals surface area contributed by atoms with Crippen LogP contribution in [0.1, 0.15) is 40.4 Å². The highest BCUT2D eigenvalue weighted by atomic mass is 19.1. The van der Waals surface area contributed by atoms with Gasteiger partial charge in [0.15, 0.2) is 0 Å². The zero-order chi connectivity index (χ0) is 16.9. The van der Waals surface area contributed by atoms with Crippen LogP contribution in [0.4, 0.5) is 4.39 Å². The van der Waals surface area contributed by atoms with Crippen LogP contribution in [0.15, 0.2) is 42.7 Å². The quantitative estimate of drug-likeness (QED) is 0.918. The molecule has 1 saturated heterocycles. The van der Waals surface area contributed by atoms with E-state index in [4.69, 9.17) is 0 Å². The molecule has 2 aromatic rings. The Hall–Kier alpha value is -2.27. The van der Waals surface area contributed by atoms with Crippen molar-refractivity contribution in [2.45, 2.75) is 25.8 Å². The second-order valence-electron chi connectivity index (χ2n) is 6.21. The molecule has 5 heteroatoms. The fourth-order valence-corrected chi connectivity index (χ4v) is 3.21. The van der Waals surface area contributed by atoms with Crippen molar-refractivity contribution in [3.8, 4) is 0 Å². The summed E-state index contributed by atoms with van der Waals surface area (Å²) >= 11 is 0. The second kappa shape index (κ2) is 7.53. The van der Waals surface area contributed by atoms with Gasteiger partial charge in [-0.25, -0.2) is 4.39 Å². The molecule has 4 nitrogen and oxygen atoms in total. The smallest absolute Gasteiger partial charge is 0.251 e. The molecule has 1 aliphatic rings. The van der Waals surface area contributed by atoms with Crippen molar-refractivity contribution >= 4 is 5.91 Å². The zero-order valence-corrected chi connectivity index (χ0v) is 13.8. The van der Waals surface area contributed by atoms with Gasteiger partial charge in [-0.15, -0.1) is 0 Å². The number of rotatable bonds is 5. The monoisotopic (exact) mass is 327 g/mol. The average Bonchev–Trinajstić information content (AvgIpc) is 3.11. The molecule has 0 spiro atoms. The first-order chi connectivity index (χ1) is 11.6. The van der Waals surface area contributed by atoms with Gasteiger partial charge in [0.1, 0.15) is 5.82 Å². The molecule has 0 bridgehead atoms. The van der Waals surface area contributed by atoms with Crippen LogP contribution >= 0.6 is 0 Å². The molecule has 1 amide bonds. The van der Waals surface area contributed by atoms with E-state index in [9.17, 15) is 9.18 Å². The summed E-state index contributed by atoms with van der Waals surface area (Å²) < 4.78 is 13.2. The van der Waals surface area contributed by atoms with E-state index < -0.39 is 0 Å². The maximum atomic E-state index is 13.2. The van der Waals surface area contributed by atoms with E-state index >= 15 is 0 Å². The molecule has 1 fully saturated rings. The van der Waals surface area contributed by atoms with Crippen LogP contribution in [0, 0.1) is 12.7 Å².